The Hall–Kier alpha value is -2.46. The minimum absolute atomic E-state index is 0.266. The van der Waals surface area contributed by atoms with Gasteiger partial charge >= 0.3 is 0 Å². The van der Waals surface area contributed by atoms with E-state index >= 15 is 0 Å². The molecule has 0 bridgehead atoms. The first-order chi connectivity index (χ1) is 11.1. The molecule has 0 spiro atoms. The molecule has 3 rings (SSSR count). The van der Waals surface area contributed by atoms with Crippen molar-refractivity contribution < 1.29 is 13.9 Å². The largest absolute Gasteiger partial charge is 0.496 e. The summed E-state index contributed by atoms with van der Waals surface area (Å²) >= 11 is 5.97. The van der Waals surface area contributed by atoms with Crippen molar-refractivity contribution in [1.82, 2.24) is 5.32 Å². The van der Waals surface area contributed by atoms with Crippen molar-refractivity contribution in [2.24, 2.45) is 0 Å². The fourth-order valence-electron chi connectivity index (χ4n) is 2.42. The van der Waals surface area contributed by atoms with Crippen LogP contribution in [0.15, 0.2) is 52.9 Å². The first-order valence-corrected chi connectivity index (χ1v) is 7.59. The van der Waals surface area contributed by atoms with Crippen LogP contribution in [0.4, 0.5) is 0 Å². The van der Waals surface area contributed by atoms with E-state index in [-0.39, 0.29) is 11.9 Å². The molecule has 0 unspecified atom stereocenters. The molecule has 0 aliphatic rings. The van der Waals surface area contributed by atoms with Gasteiger partial charge in [-0.1, -0.05) is 29.8 Å². The third-order valence-corrected chi connectivity index (χ3v) is 3.86. The van der Waals surface area contributed by atoms with E-state index in [2.05, 4.69) is 5.32 Å². The van der Waals surface area contributed by atoms with Crippen molar-refractivity contribution in [3.05, 3.63) is 64.9 Å². The number of carbonyl (C=O) groups excluding carboxylic acids is 1. The Morgan fingerprint density at radius 3 is 2.74 bits per heavy atom. The van der Waals surface area contributed by atoms with Crippen LogP contribution in [0.25, 0.3) is 11.0 Å². The van der Waals surface area contributed by atoms with Gasteiger partial charge in [-0.3, -0.25) is 4.79 Å². The van der Waals surface area contributed by atoms with Gasteiger partial charge in [0.05, 0.1) is 18.7 Å². The molecule has 1 heterocycles. The highest BCUT2D eigenvalue weighted by atomic mass is 35.5. The van der Waals surface area contributed by atoms with E-state index in [1.165, 1.54) is 7.11 Å². The van der Waals surface area contributed by atoms with Crippen molar-refractivity contribution in [3.63, 3.8) is 0 Å². The Labute approximate surface area is 139 Å². The van der Waals surface area contributed by atoms with E-state index in [1.807, 2.05) is 37.3 Å². The van der Waals surface area contributed by atoms with Gasteiger partial charge in [0.1, 0.15) is 17.1 Å². The molecule has 1 amide bonds. The molecule has 3 aromatic rings. The lowest BCUT2D eigenvalue weighted by atomic mass is 10.1. The maximum absolute atomic E-state index is 12.5. The highest BCUT2D eigenvalue weighted by Gasteiger charge is 2.18. The van der Waals surface area contributed by atoms with Gasteiger partial charge in [-0.15, -0.1) is 0 Å². The van der Waals surface area contributed by atoms with Crippen LogP contribution in [-0.4, -0.2) is 13.0 Å². The summed E-state index contributed by atoms with van der Waals surface area (Å²) in [6.45, 7) is 1.87. The van der Waals surface area contributed by atoms with Gasteiger partial charge in [0.2, 0.25) is 0 Å². The van der Waals surface area contributed by atoms with Crippen molar-refractivity contribution in [1.29, 1.82) is 0 Å². The van der Waals surface area contributed by atoms with E-state index in [1.54, 1.807) is 18.2 Å². The number of carbonyl (C=O) groups is 1. The topological polar surface area (TPSA) is 51.5 Å². The van der Waals surface area contributed by atoms with Crippen LogP contribution in [0.2, 0.25) is 5.02 Å². The monoisotopic (exact) mass is 329 g/mol. The van der Waals surface area contributed by atoms with Gasteiger partial charge in [0.15, 0.2) is 0 Å². The van der Waals surface area contributed by atoms with Gasteiger partial charge in [0, 0.05) is 10.4 Å². The standard InChI is InChI=1S/C18H16ClNO3/c1-11(17-9-12-5-3-4-6-15(12)23-17)20-18(21)14-10-13(19)7-8-16(14)22-2/h3-11H,1-2H3,(H,20,21)/t11-/m1/s1. The second-order valence-corrected chi connectivity index (χ2v) is 5.66. The van der Waals surface area contributed by atoms with Crippen molar-refractivity contribution in [2.75, 3.05) is 7.11 Å². The number of nitrogens with one attached hydrogen (secondary N) is 1. The van der Waals surface area contributed by atoms with Crippen LogP contribution in [0, 0.1) is 0 Å². The van der Waals surface area contributed by atoms with Crippen LogP contribution in [0.3, 0.4) is 0 Å². The molecule has 0 fully saturated rings. The SMILES string of the molecule is COc1ccc(Cl)cc1C(=O)N[C@H](C)c1cc2ccccc2o1. The Morgan fingerprint density at radius 2 is 2.00 bits per heavy atom. The molecule has 1 atom stereocenters. The fraction of sp³-hybridized carbons (Fsp3) is 0.167. The number of hydrogen-bond donors (Lipinski definition) is 1. The Balaban J connectivity index is 1.83. The predicted molar refractivity (Wildman–Crippen MR) is 90.1 cm³/mol. The zero-order valence-corrected chi connectivity index (χ0v) is 13.6. The van der Waals surface area contributed by atoms with Crippen molar-refractivity contribution in [3.8, 4) is 5.75 Å². The number of methoxy groups -OCH3 is 1. The Kier molecular flexibility index (Phi) is 4.26. The maximum Gasteiger partial charge on any atom is 0.255 e. The molecule has 0 saturated heterocycles. The number of ether oxygens (including phenoxy) is 1. The third kappa shape index (κ3) is 3.17. The van der Waals surface area contributed by atoms with Crippen LogP contribution in [-0.2, 0) is 0 Å². The summed E-state index contributed by atoms with van der Waals surface area (Å²) in [5, 5.41) is 4.39. The van der Waals surface area contributed by atoms with E-state index in [4.69, 9.17) is 20.8 Å². The van der Waals surface area contributed by atoms with Gasteiger partial charge in [-0.05, 0) is 37.3 Å². The number of amides is 1. The molecule has 118 valence electrons. The smallest absolute Gasteiger partial charge is 0.255 e. The summed E-state index contributed by atoms with van der Waals surface area (Å²) in [7, 11) is 1.52. The summed E-state index contributed by atoms with van der Waals surface area (Å²) in [5.41, 5.74) is 1.19. The molecule has 2 aromatic carbocycles. The van der Waals surface area contributed by atoms with Gasteiger partial charge in [-0.2, -0.15) is 0 Å². The Morgan fingerprint density at radius 1 is 1.22 bits per heavy atom. The second kappa shape index (κ2) is 6.34. The summed E-state index contributed by atoms with van der Waals surface area (Å²) in [5.74, 6) is 0.904. The lowest BCUT2D eigenvalue weighted by molar-refractivity contribution is 0.0932. The number of para-hydroxylation sites is 1. The predicted octanol–water partition coefficient (Wildman–Crippen LogP) is 4.59. The number of furan rings is 1. The van der Waals surface area contributed by atoms with Gasteiger partial charge < -0.3 is 14.5 Å². The molecule has 0 aliphatic carbocycles. The minimum Gasteiger partial charge on any atom is -0.496 e. The molecular formula is C18H16ClNO3. The fourth-order valence-corrected chi connectivity index (χ4v) is 2.59. The average Bonchev–Trinajstić information content (AvgIpc) is 2.99. The van der Waals surface area contributed by atoms with Crippen LogP contribution < -0.4 is 10.1 Å². The molecule has 1 aromatic heterocycles. The maximum atomic E-state index is 12.5. The molecule has 0 radical (unpaired) electrons. The number of rotatable bonds is 4. The zero-order valence-electron chi connectivity index (χ0n) is 12.8. The van der Waals surface area contributed by atoms with Crippen LogP contribution in [0.1, 0.15) is 29.1 Å². The summed E-state index contributed by atoms with van der Waals surface area (Å²) < 4.78 is 11.0. The summed E-state index contributed by atoms with van der Waals surface area (Å²) in [6, 6.07) is 14.3. The average molecular weight is 330 g/mol. The molecule has 23 heavy (non-hydrogen) atoms. The van der Waals surface area contributed by atoms with Gasteiger partial charge in [-0.25, -0.2) is 0 Å². The first kappa shape index (κ1) is 15.4. The van der Waals surface area contributed by atoms with Crippen molar-refractivity contribution >= 4 is 28.5 Å². The number of benzene rings is 2. The highest BCUT2D eigenvalue weighted by molar-refractivity contribution is 6.31. The molecule has 0 saturated carbocycles. The third-order valence-electron chi connectivity index (χ3n) is 3.63. The molecule has 5 heteroatoms. The quantitative estimate of drug-likeness (QED) is 0.762. The van der Waals surface area contributed by atoms with E-state index in [9.17, 15) is 4.79 Å². The highest BCUT2D eigenvalue weighted by Crippen LogP contribution is 2.26. The van der Waals surface area contributed by atoms with Crippen LogP contribution in [0.5, 0.6) is 5.75 Å². The van der Waals surface area contributed by atoms with E-state index in [0.717, 1.165) is 11.0 Å². The molecule has 0 aliphatic heterocycles. The molecule has 1 N–H and O–H groups in total. The number of fused-ring (bicyclic) bond motifs is 1. The number of halogens is 1. The lowest BCUT2D eigenvalue weighted by Gasteiger charge is -2.13. The zero-order chi connectivity index (χ0) is 16.4. The summed E-state index contributed by atoms with van der Waals surface area (Å²) in [4.78, 5) is 12.5. The number of hydrogen-bond acceptors (Lipinski definition) is 3. The lowest BCUT2D eigenvalue weighted by Crippen LogP contribution is -2.26. The van der Waals surface area contributed by atoms with Gasteiger partial charge in [0.25, 0.3) is 5.91 Å². The summed E-state index contributed by atoms with van der Waals surface area (Å²) in [6.07, 6.45) is 0. The van der Waals surface area contributed by atoms with E-state index in [0.29, 0.717) is 22.1 Å². The van der Waals surface area contributed by atoms with Crippen molar-refractivity contribution in [2.45, 2.75) is 13.0 Å². The first-order valence-electron chi connectivity index (χ1n) is 7.21. The second-order valence-electron chi connectivity index (χ2n) is 5.23. The van der Waals surface area contributed by atoms with Crippen LogP contribution >= 0.6 is 11.6 Å². The normalized spacial score (nSPS) is 12.1. The Bertz CT molecular complexity index is 823. The minimum atomic E-state index is -0.279. The molecule has 4 nitrogen and oxygen atoms in total. The molecular weight excluding hydrogens is 314 g/mol. The van der Waals surface area contributed by atoms with E-state index < -0.39 is 0 Å².